The number of amides is 2. The van der Waals surface area contributed by atoms with Crippen LogP contribution in [0.5, 0.6) is 0 Å². The number of rotatable bonds is 18. The lowest BCUT2D eigenvalue weighted by Gasteiger charge is -2.37. The molecule has 0 saturated heterocycles. The van der Waals surface area contributed by atoms with Crippen molar-refractivity contribution in [3.8, 4) is 0 Å². The minimum atomic E-state index is -4.03. The highest BCUT2D eigenvalue weighted by Crippen LogP contribution is 2.35. The Bertz CT molecular complexity index is 1220. The van der Waals surface area contributed by atoms with Gasteiger partial charge in [-0.25, -0.2) is 27.0 Å². The summed E-state index contributed by atoms with van der Waals surface area (Å²) in [5, 5.41) is 30.3. The number of hydrazine groups is 1. The molecular weight excluding hydrogens is 659 g/mol. The van der Waals surface area contributed by atoms with Crippen LogP contribution in [-0.4, -0.2) is 104 Å². The van der Waals surface area contributed by atoms with Crippen molar-refractivity contribution >= 4 is 31.9 Å². The molecule has 280 valence electrons. The maximum absolute atomic E-state index is 14.0. The predicted octanol–water partition coefficient (Wildman–Crippen LogP) is 2.37. The van der Waals surface area contributed by atoms with Crippen LogP contribution in [0.3, 0.4) is 0 Å². The Morgan fingerprint density at radius 2 is 1.40 bits per heavy atom. The molecule has 0 spiro atoms. The van der Waals surface area contributed by atoms with E-state index in [0.717, 1.165) is 44.9 Å². The maximum atomic E-state index is 14.0. The SMILES string of the molecule is CCCN(CC(O)C(CC1CCC(O)CC1)NC(=O)C1CC(C(=O)N(CCC)CCC)CC(S(N)(=O)=O)C1)NS(=O)(=O)C1CCCCC1. The molecule has 15 heteroatoms. The summed E-state index contributed by atoms with van der Waals surface area (Å²) in [6.45, 7) is 7.28. The number of carbonyl (C=O) groups is 2. The fourth-order valence-electron chi connectivity index (χ4n) is 7.86. The number of nitrogens with two attached hydrogens (primary N) is 1. The molecule has 0 aromatic carbocycles. The molecule has 13 nitrogen and oxygen atoms in total. The second-order valence-corrected chi connectivity index (χ2v) is 18.4. The van der Waals surface area contributed by atoms with Gasteiger partial charge < -0.3 is 20.4 Å². The molecule has 3 saturated carbocycles. The largest absolute Gasteiger partial charge is 0.393 e. The molecule has 48 heavy (non-hydrogen) atoms. The molecule has 2 amide bonds. The van der Waals surface area contributed by atoms with Crippen molar-refractivity contribution in [1.29, 1.82) is 0 Å². The molecule has 3 rings (SSSR count). The third-order valence-electron chi connectivity index (χ3n) is 10.5. The molecule has 0 aliphatic heterocycles. The second kappa shape index (κ2) is 19.3. The maximum Gasteiger partial charge on any atom is 0.227 e. The molecule has 0 heterocycles. The first kappa shape index (κ1) is 41.1. The fraction of sp³-hybridized carbons (Fsp3) is 0.939. The molecule has 3 aliphatic carbocycles. The number of nitrogens with one attached hydrogen (secondary N) is 2. The summed E-state index contributed by atoms with van der Waals surface area (Å²) < 4.78 is 51.7. The van der Waals surface area contributed by atoms with E-state index in [-0.39, 0.29) is 43.7 Å². The van der Waals surface area contributed by atoms with E-state index in [1.807, 2.05) is 20.8 Å². The summed E-state index contributed by atoms with van der Waals surface area (Å²) in [6.07, 6.45) is 7.93. The Morgan fingerprint density at radius 3 is 1.96 bits per heavy atom. The number of hydrogen-bond acceptors (Lipinski definition) is 9. The average Bonchev–Trinajstić information content (AvgIpc) is 3.04. The van der Waals surface area contributed by atoms with Crippen molar-refractivity contribution in [2.45, 2.75) is 152 Å². The highest BCUT2D eigenvalue weighted by atomic mass is 32.2. The summed E-state index contributed by atoms with van der Waals surface area (Å²) in [7, 11) is -7.68. The van der Waals surface area contributed by atoms with Crippen molar-refractivity contribution in [3.05, 3.63) is 0 Å². The van der Waals surface area contributed by atoms with E-state index in [1.54, 1.807) is 4.90 Å². The zero-order valence-electron chi connectivity index (χ0n) is 29.4. The van der Waals surface area contributed by atoms with Crippen LogP contribution in [0.15, 0.2) is 0 Å². The van der Waals surface area contributed by atoms with Crippen LogP contribution in [0.4, 0.5) is 0 Å². The van der Waals surface area contributed by atoms with Crippen molar-refractivity contribution in [2.24, 2.45) is 22.9 Å². The van der Waals surface area contributed by atoms with Crippen LogP contribution < -0.4 is 15.3 Å². The molecule has 3 fully saturated rings. The van der Waals surface area contributed by atoms with Crippen LogP contribution in [0.2, 0.25) is 0 Å². The number of sulfonamides is 2. The van der Waals surface area contributed by atoms with Crippen LogP contribution in [-0.2, 0) is 29.6 Å². The number of aliphatic hydroxyl groups is 2. The van der Waals surface area contributed by atoms with Gasteiger partial charge in [0.05, 0.1) is 28.7 Å². The van der Waals surface area contributed by atoms with Gasteiger partial charge in [0.15, 0.2) is 0 Å². The molecule has 0 aromatic rings. The molecule has 0 bridgehead atoms. The van der Waals surface area contributed by atoms with E-state index in [9.17, 15) is 36.6 Å². The highest BCUT2D eigenvalue weighted by Gasteiger charge is 2.42. The monoisotopic (exact) mass is 721 g/mol. The molecule has 0 radical (unpaired) electrons. The van der Waals surface area contributed by atoms with Crippen molar-refractivity contribution in [1.82, 2.24) is 20.1 Å². The van der Waals surface area contributed by atoms with Gasteiger partial charge in [-0.1, -0.05) is 40.0 Å². The number of hydrogen-bond donors (Lipinski definition) is 5. The summed E-state index contributed by atoms with van der Waals surface area (Å²) in [4.78, 5) is 32.0. The van der Waals surface area contributed by atoms with Crippen LogP contribution >= 0.6 is 0 Å². The fourth-order valence-corrected chi connectivity index (χ4v) is 10.5. The first-order valence-electron chi connectivity index (χ1n) is 18.4. The molecule has 6 N–H and O–H groups in total. The predicted molar refractivity (Wildman–Crippen MR) is 186 cm³/mol. The van der Waals surface area contributed by atoms with E-state index in [0.29, 0.717) is 58.2 Å². The number of carbonyl (C=O) groups excluding carboxylic acids is 2. The lowest BCUT2D eigenvalue weighted by atomic mass is 9.79. The molecule has 5 unspecified atom stereocenters. The van der Waals surface area contributed by atoms with Crippen LogP contribution in [0, 0.1) is 17.8 Å². The highest BCUT2D eigenvalue weighted by molar-refractivity contribution is 7.90. The van der Waals surface area contributed by atoms with E-state index in [2.05, 4.69) is 10.1 Å². The van der Waals surface area contributed by atoms with Gasteiger partial charge in [0.25, 0.3) is 0 Å². The summed E-state index contributed by atoms with van der Waals surface area (Å²) in [5.41, 5.74) is 0. The van der Waals surface area contributed by atoms with Gasteiger partial charge in [0, 0.05) is 38.0 Å². The van der Waals surface area contributed by atoms with Gasteiger partial charge >= 0.3 is 0 Å². The third kappa shape index (κ3) is 12.4. The summed E-state index contributed by atoms with van der Waals surface area (Å²) in [5.74, 6) is -1.96. The Hall–Kier alpha value is -1.36. The van der Waals surface area contributed by atoms with Gasteiger partial charge in [0.1, 0.15) is 0 Å². The smallest absolute Gasteiger partial charge is 0.227 e. The Kier molecular flexibility index (Phi) is 16.5. The minimum absolute atomic E-state index is 0.0163. The number of nitrogens with zero attached hydrogens (tertiary/aromatic N) is 2. The summed E-state index contributed by atoms with van der Waals surface area (Å²) in [6, 6.07) is -0.753. The molecule has 3 aliphatic rings. The van der Waals surface area contributed by atoms with E-state index in [4.69, 9.17) is 5.14 Å². The first-order chi connectivity index (χ1) is 22.7. The summed E-state index contributed by atoms with van der Waals surface area (Å²) >= 11 is 0. The Labute approximate surface area is 289 Å². The van der Waals surface area contributed by atoms with Gasteiger partial charge in [-0.15, -0.1) is 4.83 Å². The quantitative estimate of drug-likeness (QED) is 0.132. The van der Waals surface area contributed by atoms with Crippen LogP contribution in [0.25, 0.3) is 0 Å². The Morgan fingerprint density at radius 1 is 0.812 bits per heavy atom. The topological polar surface area (TPSA) is 199 Å². The zero-order chi connectivity index (χ0) is 35.5. The molecule has 0 aromatic heterocycles. The van der Waals surface area contributed by atoms with Crippen molar-refractivity contribution in [3.63, 3.8) is 0 Å². The standard InChI is InChI=1S/C33H63N5O8S2/c1-4-16-37(17-5-2)33(42)26-20-25(21-29(22-26)47(34,43)44)32(41)35-30(19-24-12-14-27(39)15-13-24)31(40)23-38(18-6-3)36-48(45,46)28-10-8-7-9-11-28/h24-31,36,39-40H,4-23H2,1-3H3,(H,35,41)(H2,34,43,44). The lowest BCUT2D eigenvalue weighted by Crippen LogP contribution is -2.55. The van der Waals surface area contributed by atoms with Gasteiger partial charge in [0.2, 0.25) is 31.9 Å². The van der Waals surface area contributed by atoms with Gasteiger partial charge in [-0.3, -0.25) is 9.59 Å². The van der Waals surface area contributed by atoms with E-state index in [1.165, 1.54) is 5.01 Å². The number of primary sulfonamides is 1. The van der Waals surface area contributed by atoms with Gasteiger partial charge in [-0.05, 0) is 89.4 Å². The average molecular weight is 722 g/mol. The Balaban J connectivity index is 1.81. The normalized spacial score (nSPS) is 27.4. The molecule has 5 atom stereocenters. The zero-order valence-corrected chi connectivity index (χ0v) is 31.0. The van der Waals surface area contributed by atoms with Crippen LogP contribution in [0.1, 0.15) is 124 Å². The van der Waals surface area contributed by atoms with Crippen molar-refractivity contribution < 1.29 is 36.6 Å². The van der Waals surface area contributed by atoms with E-state index >= 15 is 0 Å². The first-order valence-corrected chi connectivity index (χ1v) is 21.6. The number of aliphatic hydroxyl groups excluding tert-OH is 2. The lowest BCUT2D eigenvalue weighted by molar-refractivity contribution is -0.138. The van der Waals surface area contributed by atoms with Gasteiger partial charge in [-0.2, -0.15) is 0 Å². The third-order valence-corrected chi connectivity index (χ3v) is 13.7. The molecular formula is C33H63N5O8S2. The van der Waals surface area contributed by atoms with Crippen molar-refractivity contribution in [2.75, 3.05) is 26.2 Å². The van der Waals surface area contributed by atoms with E-state index < -0.39 is 60.4 Å². The second-order valence-electron chi connectivity index (χ2n) is 14.6. The minimum Gasteiger partial charge on any atom is -0.393 e.